The first-order valence-electron chi connectivity index (χ1n) is 16.9. The number of anilines is 3. The Morgan fingerprint density at radius 3 is 2.31 bits per heavy atom. The van der Waals surface area contributed by atoms with E-state index < -0.39 is 10.8 Å². The van der Waals surface area contributed by atoms with E-state index in [1.807, 2.05) is 4.90 Å². The first-order valence-corrected chi connectivity index (χ1v) is 19.7. The van der Waals surface area contributed by atoms with Crippen LogP contribution in [0.3, 0.4) is 0 Å². The zero-order valence-electron chi connectivity index (χ0n) is 27.3. The summed E-state index contributed by atoms with van der Waals surface area (Å²) < 4.78 is 18.3. The quantitative estimate of drug-likeness (QED) is 0.386. The predicted molar refractivity (Wildman–Crippen MR) is 200 cm³/mol. The molecule has 49 heavy (non-hydrogen) atoms. The van der Waals surface area contributed by atoms with Crippen LogP contribution in [-0.2, 0) is 20.3 Å². The van der Waals surface area contributed by atoms with Crippen molar-refractivity contribution in [2.24, 2.45) is 5.92 Å². The van der Waals surface area contributed by atoms with Crippen molar-refractivity contribution >= 4 is 90.4 Å². The molecule has 2 aromatic heterocycles. The van der Waals surface area contributed by atoms with Crippen LogP contribution in [0.25, 0.3) is 4.91 Å². The SMILES string of the molecule is Cl.O=C(Nc1nc(C2=CC(Cl)=CS2=O)c(N2CCN(C3CCCCC3)CC2)s1)c1cnc(N2CCC(C(=O)N3CCOCC3)CC2)c(Cl)c1. The minimum atomic E-state index is -1.41. The van der Waals surface area contributed by atoms with Gasteiger partial charge in [0.15, 0.2) is 5.13 Å². The molecule has 0 spiro atoms. The summed E-state index contributed by atoms with van der Waals surface area (Å²) in [6, 6.07) is 2.29. The summed E-state index contributed by atoms with van der Waals surface area (Å²) in [7, 11) is -1.41. The Kier molecular flexibility index (Phi) is 12.2. The van der Waals surface area contributed by atoms with Gasteiger partial charge in [-0.1, -0.05) is 53.8 Å². The number of morpholine rings is 1. The lowest BCUT2D eigenvalue weighted by Crippen LogP contribution is -2.50. The number of rotatable bonds is 7. The smallest absolute Gasteiger partial charge is 0.259 e. The molecule has 5 aliphatic rings. The standard InChI is InChI=1S/C33H41Cl2N7O4S2.ClH/c34-24-19-27(48(45)21-24)28-32(42-12-10-39(11-13-42)25-4-2-1-3-5-25)47-33(37-28)38-30(43)23-18-26(35)29(36-20-23)40-8-6-22(7-9-40)31(44)41-14-16-46-17-15-41;/h18-22,25H,1-17H2,(H,37,38,43);1H. The maximum atomic E-state index is 13.4. The average molecular weight is 771 g/mol. The second-order valence-electron chi connectivity index (χ2n) is 13.0. The summed E-state index contributed by atoms with van der Waals surface area (Å²) in [6.45, 7) is 7.41. The van der Waals surface area contributed by atoms with Crippen LogP contribution in [0.1, 0.15) is 61.0 Å². The molecule has 1 atom stereocenters. The molecule has 0 radical (unpaired) electrons. The highest BCUT2D eigenvalue weighted by atomic mass is 35.5. The van der Waals surface area contributed by atoms with E-state index in [0.717, 1.165) is 44.0 Å². The van der Waals surface area contributed by atoms with Gasteiger partial charge in [0.1, 0.15) is 16.5 Å². The third-order valence-corrected chi connectivity index (χ3v) is 12.9. The number of carbonyl (C=O) groups excluding carboxylic acids is 2. The van der Waals surface area contributed by atoms with Gasteiger partial charge in [0.2, 0.25) is 5.91 Å². The normalized spacial score (nSPS) is 22.8. The van der Waals surface area contributed by atoms with E-state index in [1.165, 1.54) is 55.0 Å². The summed E-state index contributed by atoms with van der Waals surface area (Å²) in [5.41, 5.74) is 0.905. The van der Waals surface area contributed by atoms with Gasteiger partial charge in [0.25, 0.3) is 5.91 Å². The Morgan fingerprint density at radius 1 is 0.939 bits per heavy atom. The Bertz CT molecular complexity index is 1610. The zero-order valence-corrected chi connectivity index (χ0v) is 31.2. The average Bonchev–Trinajstić information content (AvgIpc) is 3.69. The molecule has 266 valence electrons. The van der Waals surface area contributed by atoms with Gasteiger partial charge < -0.3 is 19.4 Å². The van der Waals surface area contributed by atoms with E-state index in [-0.39, 0.29) is 30.1 Å². The highest BCUT2D eigenvalue weighted by Crippen LogP contribution is 2.41. The van der Waals surface area contributed by atoms with Crippen molar-refractivity contribution < 1.29 is 18.5 Å². The molecule has 7 rings (SSSR count). The lowest BCUT2D eigenvalue weighted by Gasteiger charge is -2.41. The number of ether oxygens (including phenoxy) is 1. The van der Waals surface area contributed by atoms with Crippen LogP contribution in [0.15, 0.2) is 28.8 Å². The van der Waals surface area contributed by atoms with E-state index in [2.05, 4.69) is 25.0 Å². The van der Waals surface area contributed by atoms with Crippen molar-refractivity contribution in [1.29, 1.82) is 0 Å². The molecule has 4 aliphatic heterocycles. The second kappa shape index (κ2) is 16.4. The number of hydrogen-bond donors (Lipinski definition) is 1. The number of carbonyl (C=O) groups is 2. The van der Waals surface area contributed by atoms with Gasteiger partial charge in [0, 0.05) is 75.9 Å². The Labute approximate surface area is 309 Å². The number of piperidine rings is 1. The third kappa shape index (κ3) is 8.29. The van der Waals surface area contributed by atoms with Gasteiger partial charge in [-0.3, -0.25) is 19.8 Å². The number of halogens is 3. The Hall–Kier alpha value is -2.26. The lowest BCUT2D eigenvalue weighted by atomic mass is 9.94. The molecule has 16 heteroatoms. The maximum absolute atomic E-state index is 13.4. The molecule has 1 saturated carbocycles. The van der Waals surface area contributed by atoms with Crippen LogP contribution in [0.2, 0.25) is 5.02 Å². The summed E-state index contributed by atoms with van der Waals surface area (Å²) in [6.07, 6.45) is 11.2. The second-order valence-corrected chi connectivity index (χ2v) is 16.1. The first-order chi connectivity index (χ1) is 23.3. The molecule has 2 aromatic rings. The fourth-order valence-corrected chi connectivity index (χ4v) is 10.1. The van der Waals surface area contributed by atoms with Crippen molar-refractivity contribution in [3.8, 4) is 0 Å². The molecule has 1 unspecified atom stereocenters. The molecular weight excluding hydrogens is 729 g/mol. The summed E-state index contributed by atoms with van der Waals surface area (Å²) in [5.74, 6) is 0.421. The van der Waals surface area contributed by atoms with E-state index in [9.17, 15) is 13.8 Å². The monoisotopic (exact) mass is 769 g/mol. The van der Waals surface area contributed by atoms with Crippen molar-refractivity contribution in [3.05, 3.63) is 45.1 Å². The van der Waals surface area contributed by atoms with Crippen molar-refractivity contribution in [3.63, 3.8) is 0 Å². The zero-order chi connectivity index (χ0) is 33.2. The van der Waals surface area contributed by atoms with Gasteiger partial charge in [-0.05, 0) is 37.8 Å². The van der Waals surface area contributed by atoms with E-state index in [4.69, 9.17) is 32.9 Å². The molecule has 1 aliphatic carbocycles. The van der Waals surface area contributed by atoms with Crippen LogP contribution >= 0.6 is 46.9 Å². The Morgan fingerprint density at radius 2 is 1.65 bits per heavy atom. The Balaban J connectivity index is 0.00000417. The molecule has 0 aromatic carbocycles. The highest BCUT2D eigenvalue weighted by molar-refractivity contribution is 7.97. The van der Waals surface area contributed by atoms with Crippen LogP contribution in [0.4, 0.5) is 16.0 Å². The number of allylic oxidation sites excluding steroid dienone is 2. The molecule has 3 saturated heterocycles. The van der Waals surface area contributed by atoms with Crippen LogP contribution in [0.5, 0.6) is 0 Å². The molecule has 4 fully saturated rings. The number of aromatic nitrogens is 2. The number of nitrogens with zero attached hydrogens (tertiary/aromatic N) is 6. The fraction of sp³-hybridized carbons (Fsp3) is 0.576. The molecule has 2 amide bonds. The maximum Gasteiger partial charge on any atom is 0.259 e. The van der Waals surface area contributed by atoms with Crippen molar-refractivity contribution in [2.45, 2.75) is 51.0 Å². The highest BCUT2D eigenvalue weighted by Gasteiger charge is 2.32. The first kappa shape index (κ1) is 36.5. The number of hydrogen-bond acceptors (Lipinski definition) is 10. The van der Waals surface area contributed by atoms with Gasteiger partial charge in [0.05, 0.1) is 44.5 Å². The minimum Gasteiger partial charge on any atom is -0.378 e. The van der Waals surface area contributed by atoms with Crippen LogP contribution in [-0.4, -0.2) is 107 Å². The number of pyridine rings is 1. The molecule has 0 bridgehead atoms. The van der Waals surface area contributed by atoms with Gasteiger partial charge in [-0.2, -0.15) is 0 Å². The largest absolute Gasteiger partial charge is 0.378 e. The lowest BCUT2D eigenvalue weighted by molar-refractivity contribution is -0.140. The third-order valence-electron chi connectivity index (χ3n) is 10.0. The molecule has 6 heterocycles. The summed E-state index contributed by atoms with van der Waals surface area (Å²) in [4.78, 5) is 45.2. The van der Waals surface area contributed by atoms with Crippen LogP contribution in [0, 0.1) is 5.92 Å². The molecular formula is C33H42Cl3N7O4S2. The minimum absolute atomic E-state index is 0. The predicted octanol–water partition coefficient (Wildman–Crippen LogP) is 5.58. The van der Waals surface area contributed by atoms with Gasteiger partial charge in [-0.15, -0.1) is 12.4 Å². The van der Waals surface area contributed by atoms with E-state index in [0.29, 0.717) is 82.6 Å². The van der Waals surface area contributed by atoms with E-state index in [1.54, 1.807) is 12.1 Å². The number of amides is 2. The number of thiazole rings is 1. The van der Waals surface area contributed by atoms with Crippen LogP contribution < -0.4 is 15.1 Å². The van der Waals surface area contributed by atoms with Crippen molar-refractivity contribution in [1.82, 2.24) is 19.8 Å². The fourth-order valence-electron chi connectivity index (χ4n) is 7.36. The van der Waals surface area contributed by atoms with Gasteiger partial charge in [-0.25, -0.2) is 14.2 Å². The van der Waals surface area contributed by atoms with E-state index >= 15 is 0 Å². The summed E-state index contributed by atoms with van der Waals surface area (Å²) in [5, 5.41) is 6.54. The number of piperazine rings is 1. The topological polar surface area (TPSA) is 111 Å². The summed E-state index contributed by atoms with van der Waals surface area (Å²) >= 11 is 14.3. The molecule has 1 N–H and O–H groups in total. The van der Waals surface area contributed by atoms with Gasteiger partial charge >= 0.3 is 0 Å². The molecule has 11 nitrogen and oxygen atoms in total. The number of nitrogens with one attached hydrogen (secondary N) is 1. The van der Waals surface area contributed by atoms with Crippen molar-refractivity contribution in [2.75, 3.05) is 80.7 Å².